The highest BCUT2D eigenvalue weighted by Crippen LogP contribution is 2.56. The standard InChI is InChI=1S/C17H24N2O/c18-10-6-2-1-3-9-15(20)19-17-14-11-12-7-4-5-8-13(12)16(14)17/h4-5,7-8,14,16-17H,1-3,6,9-11,18H2,(H,19,20). The van der Waals surface area contributed by atoms with E-state index in [1.807, 2.05) is 0 Å². The molecule has 0 radical (unpaired) electrons. The first kappa shape index (κ1) is 13.6. The van der Waals surface area contributed by atoms with Crippen molar-refractivity contribution >= 4 is 5.91 Å². The molecular weight excluding hydrogens is 248 g/mol. The van der Waals surface area contributed by atoms with Gasteiger partial charge in [-0.05, 0) is 42.9 Å². The van der Waals surface area contributed by atoms with Crippen molar-refractivity contribution in [2.75, 3.05) is 6.54 Å². The van der Waals surface area contributed by atoms with Gasteiger partial charge in [-0.3, -0.25) is 4.79 Å². The Morgan fingerprint density at radius 1 is 1.20 bits per heavy atom. The van der Waals surface area contributed by atoms with Crippen molar-refractivity contribution < 1.29 is 4.79 Å². The first-order valence-electron chi connectivity index (χ1n) is 7.88. The fraction of sp³-hybridized carbons (Fsp3) is 0.588. The Kier molecular flexibility index (Phi) is 4.06. The minimum absolute atomic E-state index is 0.231. The van der Waals surface area contributed by atoms with Gasteiger partial charge in [0, 0.05) is 18.4 Å². The van der Waals surface area contributed by atoms with Gasteiger partial charge in [-0.2, -0.15) is 0 Å². The van der Waals surface area contributed by atoms with E-state index >= 15 is 0 Å². The molecule has 3 heteroatoms. The van der Waals surface area contributed by atoms with E-state index in [1.54, 1.807) is 0 Å². The fourth-order valence-electron chi connectivity index (χ4n) is 3.59. The quantitative estimate of drug-likeness (QED) is 0.749. The van der Waals surface area contributed by atoms with Gasteiger partial charge in [0.05, 0.1) is 0 Å². The molecule has 1 fully saturated rings. The minimum atomic E-state index is 0.231. The van der Waals surface area contributed by atoms with Crippen LogP contribution in [0.5, 0.6) is 0 Å². The average molecular weight is 272 g/mol. The van der Waals surface area contributed by atoms with Crippen molar-refractivity contribution in [1.82, 2.24) is 5.32 Å². The Hall–Kier alpha value is -1.35. The van der Waals surface area contributed by atoms with Crippen LogP contribution >= 0.6 is 0 Å². The van der Waals surface area contributed by atoms with Gasteiger partial charge in [0.15, 0.2) is 0 Å². The van der Waals surface area contributed by atoms with E-state index in [0.717, 1.165) is 38.6 Å². The predicted molar refractivity (Wildman–Crippen MR) is 80.4 cm³/mol. The molecule has 3 atom stereocenters. The lowest BCUT2D eigenvalue weighted by Gasteiger charge is -2.09. The van der Waals surface area contributed by atoms with Crippen LogP contribution in [-0.2, 0) is 11.2 Å². The molecule has 2 aliphatic rings. The number of fused-ring (bicyclic) bond motifs is 3. The summed E-state index contributed by atoms with van der Waals surface area (Å²) in [6.07, 6.45) is 6.14. The van der Waals surface area contributed by atoms with Gasteiger partial charge in [-0.25, -0.2) is 0 Å². The summed E-state index contributed by atoms with van der Waals surface area (Å²) in [5.74, 6) is 1.48. The number of nitrogens with two attached hydrogens (primary N) is 1. The molecule has 20 heavy (non-hydrogen) atoms. The van der Waals surface area contributed by atoms with E-state index in [-0.39, 0.29) is 5.91 Å². The third-order valence-corrected chi connectivity index (χ3v) is 4.72. The van der Waals surface area contributed by atoms with Gasteiger partial charge < -0.3 is 11.1 Å². The lowest BCUT2D eigenvalue weighted by molar-refractivity contribution is -0.121. The molecule has 0 spiro atoms. The fourth-order valence-corrected chi connectivity index (χ4v) is 3.59. The van der Waals surface area contributed by atoms with Gasteiger partial charge in [0.2, 0.25) is 5.91 Å². The summed E-state index contributed by atoms with van der Waals surface area (Å²) >= 11 is 0. The molecule has 0 bridgehead atoms. The van der Waals surface area contributed by atoms with E-state index in [1.165, 1.54) is 11.1 Å². The highest BCUT2D eigenvalue weighted by atomic mass is 16.1. The molecule has 1 aromatic carbocycles. The smallest absolute Gasteiger partial charge is 0.220 e. The minimum Gasteiger partial charge on any atom is -0.352 e. The van der Waals surface area contributed by atoms with Gasteiger partial charge >= 0.3 is 0 Å². The summed E-state index contributed by atoms with van der Waals surface area (Å²) in [4.78, 5) is 11.9. The normalized spacial score (nSPS) is 25.9. The van der Waals surface area contributed by atoms with Crippen molar-refractivity contribution in [3.63, 3.8) is 0 Å². The van der Waals surface area contributed by atoms with Crippen molar-refractivity contribution in [3.8, 4) is 0 Å². The van der Waals surface area contributed by atoms with Crippen molar-refractivity contribution in [2.45, 2.75) is 50.5 Å². The summed E-state index contributed by atoms with van der Waals surface area (Å²) in [6.45, 7) is 0.761. The number of carbonyl (C=O) groups excluding carboxylic acids is 1. The lowest BCUT2D eigenvalue weighted by atomic mass is 10.1. The van der Waals surface area contributed by atoms with Crippen LogP contribution in [0.2, 0.25) is 0 Å². The van der Waals surface area contributed by atoms with Gasteiger partial charge in [0.1, 0.15) is 0 Å². The van der Waals surface area contributed by atoms with Crippen LogP contribution in [0.3, 0.4) is 0 Å². The Morgan fingerprint density at radius 2 is 2.00 bits per heavy atom. The molecule has 3 N–H and O–H groups in total. The zero-order valence-corrected chi connectivity index (χ0v) is 12.0. The summed E-state index contributed by atoms with van der Waals surface area (Å²) in [7, 11) is 0. The molecule has 108 valence electrons. The van der Waals surface area contributed by atoms with Crippen molar-refractivity contribution in [2.24, 2.45) is 11.7 Å². The second kappa shape index (κ2) is 5.96. The molecule has 0 heterocycles. The topological polar surface area (TPSA) is 55.1 Å². The van der Waals surface area contributed by atoms with Gasteiger partial charge in [-0.1, -0.05) is 37.1 Å². The molecule has 0 saturated heterocycles. The first-order valence-corrected chi connectivity index (χ1v) is 7.88. The number of benzene rings is 1. The van der Waals surface area contributed by atoms with Crippen LogP contribution in [0.1, 0.15) is 49.1 Å². The molecule has 1 amide bonds. The van der Waals surface area contributed by atoms with Crippen molar-refractivity contribution in [3.05, 3.63) is 35.4 Å². The number of amides is 1. The van der Waals surface area contributed by atoms with Crippen molar-refractivity contribution in [1.29, 1.82) is 0 Å². The molecule has 3 rings (SSSR count). The van der Waals surface area contributed by atoms with E-state index in [2.05, 4.69) is 29.6 Å². The Balaban J connectivity index is 1.40. The number of hydrogen-bond donors (Lipinski definition) is 2. The molecule has 3 nitrogen and oxygen atoms in total. The van der Waals surface area contributed by atoms with Crippen LogP contribution < -0.4 is 11.1 Å². The van der Waals surface area contributed by atoms with E-state index in [9.17, 15) is 4.79 Å². The molecule has 0 aliphatic heterocycles. The third kappa shape index (κ3) is 2.73. The largest absolute Gasteiger partial charge is 0.352 e. The lowest BCUT2D eigenvalue weighted by Crippen LogP contribution is -2.28. The predicted octanol–water partition coefficient (Wildman–Crippen LogP) is 2.35. The second-order valence-electron chi connectivity index (χ2n) is 6.14. The summed E-state index contributed by atoms with van der Waals surface area (Å²) in [6, 6.07) is 9.06. The van der Waals surface area contributed by atoms with Gasteiger partial charge in [0.25, 0.3) is 0 Å². The van der Waals surface area contributed by atoms with E-state index in [0.29, 0.717) is 24.3 Å². The Morgan fingerprint density at radius 3 is 2.85 bits per heavy atom. The molecule has 1 aromatic rings. The maximum absolute atomic E-state index is 11.9. The number of rotatable bonds is 7. The number of unbranched alkanes of at least 4 members (excludes halogenated alkanes) is 3. The highest BCUT2D eigenvalue weighted by Gasteiger charge is 2.56. The van der Waals surface area contributed by atoms with Crippen LogP contribution in [0.15, 0.2) is 24.3 Å². The molecular formula is C17H24N2O. The maximum Gasteiger partial charge on any atom is 0.220 e. The monoisotopic (exact) mass is 272 g/mol. The zero-order valence-electron chi connectivity index (χ0n) is 12.0. The molecule has 2 aliphatic carbocycles. The van der Waals surface area contributed by atoms with Crippen LogP contribution in [0, 0.1) is 5.92 Å². The van der Waals surface area contributed by atoms with Crippen LogP contribution in [-0.4, -0.2) is 18.5 Å². The van der Waals surface area contributed by atoms with Gasteiger partial charge in [-0.15, -0.1) is 0 Å². The molecule has 1 saturated carbocycles. The number of carbonyl (C=O) groups is 1. The summed E-state index contributed by atoms with van der Waals surface area (Å²) < 4.78 is 0. The molecule has 0 aromatic heterocycles. The van der Waals surface area contributed by atoms with Crippen LogP contribution in [0.4, 0.5) is 0 Å². The SMILES string of the molecule is NCCCCCCC(=O)NC1C2Cc3ccccc3C21. The Labute approximate surface area is 120 Å². The second-order valence-corrected chi connectivity index (χ2v) is 6.14. The van der Waals surface area contributed by atoms with Crippen LogP contribution in [0.25, 0.3) is 0 Å². The van der Waals surface area contributed by atoms with E-state index in [4.69, 9.17) is 5.73 Å². The highest BCUT2D eigenvalue weighted by molar-refractivity contribution is 5.77. The zero-order chi connectivity index (χ0) is 13.9. The maximum atomic E-state index is 11.9. The third-order valence-electron chi connectivity index (χ3n) is 4.72. The number of nitrogens with one attached hydrogen (secondary N) is 1. The van der Waals surface area contributed by atoms with E-state index < -0.39 is 0 Å². The number of hydrogen-bond acceptors (Lipinski definition) is 2. The Bertz CT molecular complexity index is 486. The average Bonchev–Trinajstić information content (AvgIpc) is 2.96. The summed E-state index contributed by atoms with van der Waals surface area (Å²) in [5, 5.41) is 3.22. The first-order chi connectivity index (χ1) is 9.81. The summed E-state index contributed by atoms with van der Waals surface area (Å²) in [5.41, 5.74) is 8.40. The molecule has 3 unspecified atom stereocenters.